The third kappa shape index (κ3) is 4.32. The molecule has 146 valence electrons. The lowest BCUT2D eigenvalue weighted by Gasteiger charge is -2.11. The Labute approximate surface area is 177 Å². The molecule has 0 radical (unpaired) electrons. The monoisotopic (exact) mass is 437 g/mol. The smallest absolute Gasteiger partial charge is 0.272 e. The third-order valence-corrected chi connectivity index (χ3v) is 4.94. The Morgan fingerprint density at radius 1 is 1.07 bits per heavy atom. The van der Waals surface area contributed by atoms with Gasteiger partial charge in [0.2, 0.25) is 0 Å². The number of nitrogens with zero attached hydrogens (tertiary/aromatic N) is 2. The minimum atomic E-state index is -0.299. The highest BCUT2D eigenvalue weighted by Crippen LogP contribution is 2.33. The minimum absolute atomic E-state index is 0.299. The van der Waals surface area contributed by atoms with Crippen LogP contribution in [0.3, 0.4) is 0 Å². The Bertz CT molecular complexity index is 1000. The van der Waals surface area contributed by atoms with Gasteiger partial charge in [0.1, 0.15) is 0 Å². The van der Waals surface area contributed by atoms with Crippen molar-refractivity contribution in [2.75, 3.05) is 13.1 Å². The van der Waals surface area contributed by atoms with Crippen molar-refractivity contribution in [2.24, 2.45) is 5.84 Å². The molecule has 0 bridgehead atoms. The maximum atomic E-state index is 12.6. The Morgan fingerprint density at radius 2 is 1.75 bits per heavy atom. The number of nitrogens with two attached hydrogens (primary N) is 1. The van der Waals surface area contributed by atoms with Crippen molar-refractivity contribution < 1.29 is 4.79 Å². The molecule has 0 fully saturated rings. The zero-order valence-electron chi connectivity index (χ0n) is 15.0. The SMILES string of the molecule is Cc1c(C(=O)NCCNN)nn(-c2ccc(Cl)cc2Cl)c1-c1ccc(Cl)cc1. The normalized spacial score (nSPS) is 10.9. The van der Waals surface area contributed by atoms with Crippen molar-refractivity contribution in [3.05, 3.63) is 68.8 Å². The first-order valence-corrected chi connectivity index (χ1v) is 9.58. The summed E-state index contributed by atoms with van der Waals surface area (Å²) in [6, 6.07) is 12.4. The minimum Gasteiger partial charge on any atom is -0.349 e. The second-order valence-electron chi connectivity index (χ2n) is 6.05. The molecular formula is C19H18Cl3N5O. The van der Waals surface area contributed by atoms with E-state index >= 15 is 0 Å². The summed E-state index contributed by atoms with van der Waals surface area (Å²) in [6.45, 7) is 2.66. The van der Waals surface area contributed by atoms with Crippen LogP contribution in [0.1, 0.15) is 16.1 Å². The van der Waals surface area contributed by atoms with E-state index in [0.29, 0.717) is 45.1 Å². The van der Waals surface area contributed by atoms with Crippen LogP contribution in [0.5, 0.6) is 0 Å². The summed E-state index contributed by atoms with van der Waals surface area (Å²) in [4.78, 5) is 12.6. The van der Waals surface area contributed by atoms with Crippen molar-refractivity contribution >= 4 is 40.7 Å². The molecule has 0 saturated heterocycles. The lowest BCUT2D eigenvalue weighted by atomic mass is 10.1. The van der Waals surface area contributed by atoms with Crippen LogP contribution < -0.4 is 16.6 Å². The number of amides is 1. The molecule has 0 aliphatic heterocycles. The number of nitrogens with one attached hydrogen (secondary N) is 2. The zero-order valence-corrected chi connectivity index (χ0v) is 17.2. The Kier molecular flexibility index (Phi) is 6.59. The fourth-order valence-electron chi connectivity index (χ4n) is 2.82. The van der Waals surface area contributed by atoms with Crippen molar-refractivity contribution in [2.45, 2.75) is 6.92 Å². The maximum absolute atomic E-state index is 12.6. The highest BCUT2D eigenvalue weighted by Gasteiger charge is 2.23. The summed E-state index contributed by atoms with van der Waals surface area (Å²) in [6.07, 6.45) is 0. The van der Waals surface area contributed by atoms with Gasteiger partial charge < -0.3 is 5.32 Å². The van der Waals surface area contributed by atoms with E-state index in [4.69, 9.17) is 40.6 Å². The van der Waals surface area contributed by atoms with Crippen LogP contribution in [0.4, 0.5) is 0 Å². The molecule has 4 N–H and O–H groups in total. The molecule has 0 saturated carbocycles. The number of carbonyl (C=O) groups is 1. The van der Waals surface area contributed by atoms with Gasteiger partial charge in [0.25, 0.3) is 5.91 Å². The third-order valence-electron chi connectivity index (χ3n) is 4.15. The molecule has 3 aromatic rings. The molecular weight excluding hydrogens is 421 g/mol. The van der Waals surface area contributed by atoms with Crippen LogP contribution in [0.25, 0.3) is 16.9 Å². The lowest BCUT2D eigenvalue weighted by Crippen LogP contribution is -2.35. The first kappa shape index (κ1) is 20.6. The van der Waals surface area contributed by atoms with E-state index in [1.54, 1.807) is 35.0 Å². The Hall–Kier alpha value is -2.09. The van der Waals surface area contributed by atoms with E-state index < -0.39 is 0 Å². The van der Waals surface area contributed by atoms with Gasteiger partial charge in [-0.1, -0.05) is 46.9 Å². The second-order valence-corrected chi connectivity index (χ2v) is 7.33. The van der Waals surface area contributed by atoms with Crippen molar-refractivity contribution in [3.63, 3.8) is 0 Å². The van der Waals surface area contributed by atoms with E-state index in [9.17, 15) is 4.79 Å². The quantitative estimate of drug-likeness (QED) is 0.308. The van der Waals surface area contributed by atoms with E-state index in [-0.39, 0.29) is 5.91 Å². The summed E-state index contributed by atoms with van der Waals surface area (Å²) in [7, 11) is 0. The van der Waals surface area contributed by atoms with Gasteiger partial charge in [0.15, 0.2) is 5.69 Å². The zero-order chi connectivity index (χ0) is 20.3. The second kappa shape index (κ2) is 8.94. The standard InChI is InChI=1S/C19H18Cl3N5O/c1-11-17(19(28)24-8-9-25-23)26-27(16-7-6-14(21)10-15(16)22)18(11)12-2-4-13(20)5-3-12/h2-7,10,25H,8-9,23H2,1H3,(H,24,28). The number of hydrazine groups is 1. The highest BCUT2D eigenvalue weighted by atomic mass is 35.5. The van der Waals surface area contributed by atoms with Gasteiger partial charge in [-0.15, -0.1) is 0 Å². The molecule has 1 aromatic heterocycles. The average molecular weight is 439 g/mol. The molecule has 6 nitrogen and oxygen atoms in total. The van der Waals surface area contributed by atoms with Gasteiger partial charge in [-0.3, -0.25) is 16.1 Å². The molecule has 3 rings (SSSR count). The number of rotatable bonds is 6. The van der Waals surface area contributed by atoms with E-state index in [0.717, 1.165) is 11.3 Å². The molecule has 0 aliphatic carbocycles. The average Bonchev–Trinajstić information content (AvgIpc) is 3.00. The van der Waals surface area contributed by atoms with E-state index in [2.05, 4.69) is 15.8 Å². The highest BCUT2D eigenvalue weighted by molar-refractivity contribution is 6.35. The maximum Gasteiger partial charge on any atom is 0.272 e. The Morgan fingerprint density at radius 3 is 2.39 bits per heavy atom. The predicted molar refractivity (Wildman–Crippen MR) is 113 cm³/mol. The van der Waals surface area contributed by atoms with Crippen LogP contribution >= 0.6 is 34.8 Å². The van der Waals surface area contributed by atoms with Gasteiger partial charge in [-0.2, -0.15) is 5.10 Å². The van der Waals surface area contributed by atoms with E-state index in [1.165, 1.54) is 0 Å². The molecule has 0 spiro atoms. The Balaban J connectivity index is 2.15. The number of hydrogen-bond acceptors (Lipinski definition) is 4. The molecule has 1 amide bonds. The first-order valence-electron chi connectivity index (χ1n) is 8.45. The summed E-state index contributed by atoms with van der Waals surface area (Å²) in [5.41, 5.74) is 5.71. The van der Waals surface area contributed by atoms with Gasteiger partial charge in [0, 0.05) is 34.3 Å². The summed E-state index contributed by atoms with van der Waals surface area (Å²) >= 11 is 18.5. The van der Waals surface area contributed by atoms with Gasteiger partial charge >= 0.3 is 0 Å². The summed E-state index contributed by atoms with van der Waals surface area (Å²) in [5.74, 6) is 4.95. The number of aromatic nitrogens is 2. The van der Waals surface area contributed by atoms with Crippen LogP contribution in [-0.2, 0) is 0 Å². The van der Waals surface area contributed by atoms with Gasteiger partial charge in [0.05, 0.1) is 16.4 Å². The summed E-state index contributed by atoms with van der Waals surface area (Å²) < 4.78 is 1.65. The molecule has 28 heavy (non-hydrogen) atoms. The van der Waals surface area contributed by atoms with Crippen LogP contribution in [0, 0.1) is 6.92 Å². The lowest BCUT2D eigenvalue weighted by molar-refractivity contribution is 0.0948. The number of hydrogen-bond donors (Lipinski definition) is 3. The molecule has 1 heterocycles. The molecule has 9 heteroatoms. The number of benzene rings is 2. The summed E-state index contributed by atoms with van der Waals surface area (Å²) in [5, 5.41) is 8.87. The number of carbonyl (C=O) groups excluding carboxylic acids is 1. The van der Waals surface area contributed by atoms with Crippen molar-refractivity contribution in [3.8, 4) is 16.9 Å². The van der Waals surface area contributed by atoms with Crippen molar-refractivity contribution in [1.29, 1.82) is 0 Å². The molecule has 0 atom stereocenters. The van der Waals surface area contributed by atoms with Crippen molar-refractivity contribution in [1.82, 2.24) is 20.5 Å². The fourth-order valence-corrected chi connectivity index (χ4v) is 3.43. The van der Waals surface area contributed by atoms with E-state index in [1.807, 2.05) is 19.1 Å². The molecule has 0 aliphatic rings. The van der Waals surface area contributed by atoms with Crippen LogP contribution in [0.2, 0.25) is 15.1 Å². The predicted octanol–water partition coefficient (Wildman–Crippen LogP) is 4.00. The van der Waals surface area contributed by atoms with Gasteiger partial charge in [-0.05, 0) is 37.3 Å². The van der Waals surface area contributed by atoms with Gasteiger partial charge in [-0.25, -0.2) is 4.68 Å². The number of halogens is 3. The molecule has 0 unspecified atom stereocenters. The molecule has 2 aromatic carbocycles. The first-order chi connectivity index (χ1) is 13.4. The van der Waals surface area contributed by atoms with Crippen LogP contribution in [-0.4, -0.2) is 28.8 Å². The largest absolute Gasteiger partial charge is 0.349 e. The fraction of sp³-hybridized carbons (Fsp3) is 0.158. The van der Waals surface area contributed by atoms with Crippen LogP contribution in [0.15, 0.2) is 42.5 Å². The topological polar surface area (TPSA) is 85.0 Å².